The average Bonchev–Trinajstić information content (AvgIpc) is 2.71. The standard InChI is InChI=1S/C21H24F2N2O2S/c22-19-6-5-18(13-20(19)23)28-12-7-21(26)24-14-16-1-3-17(4-2-16)15-25-8-10-27-11-9-25/h1-6,13H,7-12,14-15H2,(H,24,26). The van der Waals surface area contributed by atoms with E-state index in [9.17, 15) is 13.6 Å². The molecule has 1 saturated heterocycles. The summed E-state index contributed by atoms with van der Waals surface area (Å²) in [5.74, 6) is -1.29. The quantitative estimate of drug-likeness (QED) is 0.681. The Labute approximate surface area is 168 Å². The molecule has 0 unspecified atom stereocenters. The highest BCUT2D eigenvalue weighted by molar-refractivity contribution is 7.99. The number of nitrogens with zero attached hydrogens (tertiary/aromatic N) is 1. The zero-order valence-corrected chi connectivity index (χ0v) is 16.4. The molecule has 2 aromatic rings. The van der Waals surface area contributed by atoms with E-state index >= 15 is 0 Å². The molecule has 0 bridgehead atoms. The lowest BCUT2D eigenvalue weighted by Crippen LogP contribution is -2.35. The van der Waals surface area contributed by atoms with Crippen LogP contribution in [0.25, 0.3) is 0 Å². The number of rotatable bonds is 8. The van der Waals surface area contributed by atoms with Gasteiger partial charge in [0, 0.05) is 43.2 Å². The molecule has 7 heteroatoms. The summed E-state index contributed by atoms with van der Waals surface area (Å²) >= 11 is 1.33. The van der Waals surface area contributed by atoms with E-state index in [1.165, 1.54) is 23.4 Å². The monoisotopic (exact) mass is 406 g/mol. The minimum atomic E-state index is -0.869. The number of benzene rings is 2. The smallest absolute Gasteiger partial charge is 0.221 e. The van der Waals surface area contributed by atoms with E-state index in [-0.39, 0.29) is 5.91 Å². The molecule has 4 nitrogen and oxygen atoms in total. The minimum Gasteiger partial charge on any atom is -0.379 e. The van der Waals surface area contributed by atoms with Gasteiger partial charge in [0.05, 0.1) is 13.2 Å². The number of carbonyl (C=O) groups excluding carboxylic acids is 1. The van der Waals surface area contributed by atoms with Crippen molar-refractivity contribution in [1.29, 1.82) is 0 Å². The summed E-state index contributed by atoms with van der Waals surface area (Å²) in [5.41, 5.74) is 2.30. The van der Waals surface area contributed by atoms with Crippen LogP contribution in [-0.4, -0.2) is 42.9 Å². The summed E-state index contributed by atoms with van der Waals surface area (Å²) in [6.07, 6.45) is 0.318. The highest BCUT2D eigenvalue weighted by Crippen LogP contribution is 2.21. The van der Waals surface area contributed by atoms with Crippen molar-refractivity contribution >= 4 is 17.7 Å². The van der Waals surface area contributed by atoms with E-state index < -0.39 is 11.6 Å². The normalized spacial score (nSPS) is 14.8. The Morgan fingerprint density at radius 2 is 1.75 bits per heavy atom. The maximum Gasteiger partial charge on any atom is 0.221 e. The number of amides is 1. The number of thioether (sulfide) groups is 1. The van der Waals surface area contributed by atoms with Crippen LogP contribution >= 0.6 is 11.8 Å². The summed E-state index contributed by atoms with van der Waals surface area (Å²) in [4.78, 5) is 15.0. The van der Waals surface area contributed by atoms with Crippen LogP contribution < -0.4 is 5.32 Å². The fraction of sp³-hybridized carbons (Fsp3) is 0.381. The molecule has 0 radical (unpaired) electrons. The number of hydrogen-bond acceptors (Lipinski definition) is 4. The number of ether oxygens (including phenoxy) is 1. The number of carbonyl (C=O) groups is 1. The molecule has 1 N–H and O–H groups in total. The van der Waals surface area contributed by atoms with E-state index in [1.807, 2.05) is 12.1 Å². The van der Waals surface area contributed by atoms with E-state index in [0.29, 0.717) is 23.6 Å². The van der Waals surface area contributed by atoms with Crippen molar-refractivity contribution in [2.24, 2.45) is 0 Å². The van der Waals surface area contributed by atoms with Gasteiger partial charge < -0.3 is 10.1 Å². The predicted octanol–water partition coefficient (Wildman–Crippen LogP) is 3.60. The third-order valence-electron chi connectivity index (χ3n) is 4.51. The first kappa shape index (κ1) is 20.8. The van der Waals surface area contributed by atoms with Crippen LogP contribution in [0.2, 0.25) is 0 Å². The molecule has 2 aromatic carbocycles. The first-order valence-electron chi connectivity index (χ1n) is 9.32. The summed E-state index contributed by atoms with van der Waals surface area (Å²) in [6, 6.07) is 12.0. The molecule has 0 atom stereocenters. The van der Waals surface area contributed by atoms with Gasteiger partial charge in [-0.25, -0.2) is 8.78 Å². The van der Waals surface area contributed by atoms with Crippen LogP contribution in [0.15, 0.2) is 47.4 Å². The van der Waals surface area contributed by atoms with Gasteiger partial charge in [0.1, 0.15) is 0 Å². The summed E-state index contributed by atoms with van der Waals surface area (Å²) in [7, 11) is 0. The molecular weight excluding hydrogens is 382 g/mol. The number of nitrogens with one attached hydrogen (secondary N) is 1. The molecule has 28 heavy (non-hydrogen) atoms. The molecule has 0 saturated carbocycles. The second-order valence-electron chi connectivity index (χ2n) is 6.66. The van der Waals surface area contributed by atoms with E-state index in [0.717, 1.165) is 50.5 Å². The molecule has 1 amide bonds. The van der Waals surface area contributed by atoms with Crippen molar-refractivity contribution in [2.45, 2.75) is 24.4 Å². The van der Waals surface area contributed by atoms with Crippen molar-refractivity contribution in [3.63, 3.8) is 0 Å². The molecule has 0 aliphatic carbocycles. The summed E-state index contributed by atoms with van der Waals surface area (Å²) < 4.78 is 31.4. The molecule has 0 aromatic heterocycles. The lowest BCUT2D eigenvalue weighted by atomic mass is 10.1. The fourth-order valence-electron chi connectivity index (χ4n) is 2.90. The Morgan fingerprint density at radius 3 is 2.46 bits per heavy atom. The largest absolute Gasteiger partial charge is 0.379 e. The number of morpholine rings is 1. The van der Waals surface area contributed by atoms with Crippen LogP contribution in [0, 0.1) is 11.6 Å². The molecule has 1 aliphatic heterocycles. The van der Waals surface area contributed by atoms with Gasteiger partial charge in [-0.1, -0.05) is 24.3 Å². The van der Waals surface area contributed by atoms with Gasteiger partial charge in [0.15, 0.2) is 11.6 Å². The van der Waals surface area contributed by atoms with E-state index in [4.69, 9.17) is 4.74 Å². The molecule has 0 spiro atoms. The van der Waals surface area contributed by atoms with Gasteiger partial charge in [-0.05, 0) is 29.3 Å². The van der Waals surface area contributed by atoms with Crippen molar-refractivity contribution in [2.75, 3.05) is 32.1 Å². The second kappa shape index (κ2) is 10.5. The molecular formula is C21H24F2N2O2S. The second-order valence-corrected chi connectivity index (χ2v) is 7.82. The molecule has 3 rings (SSSR count). The van der Waals surface area contributed by atoms with E-state index in [2.05, 4.69) is 22.3 Å². The maximum absolute atomic E-state index is 13.2. The zero-order chi connectivity index (χ0) is 19.8. The first-order chi connectivity index (χ1) is 13.6. The Balaban J connectivity index is 1.36. The van der Waals surface area contributed by atoms with Crippen molar-refractivity contribution in [3.8, 4) is 0 Å². The fourth-order valence-corrected chi connectivity index (χ4v) is 3.77. The number of halogens is 2. The van der Waals surface area contributed by atoms with Crippen molar-refractivity contribution in [3.05, 3.63) is 65.2 Å². The Kier molecular flexibility index (Phi) is 7.82. The average molecular weight is 406 g/mol. The van der Waals surface area contributed by atoms with Crippen LogP contribution in [0.1, 0.15) is 17.5 Å². The van der Waals surface area contributed by atoms with Crippen LogP contribution in [-0.2, 0) is 22.6 Å². The first-order valence-corrected chi connectivity index (χ1v) is 10.3. The van der Waals surface area contributed by atoms with Gasteiger partial charge in [0.25, 0.3) is 0 Å². The van der Waals surface area contributed by atoms with Gasteiger partial charge >= 0.3 is 0 Å². The third kappa shape index (κ3) is 6.58. The lowest BCUT2D eigenvalue weighted by molar-refractivity contribution is -0.120. The lowest BCUT2D eigenvalue weighted by Gasteiger charge is -2.26. The zero-order valence-electron chi connectivity index (χ0n) is 15.6. The van der Waals surface area contributed by atoms with Gasteiger partial charge in [-0.3, -0.25) is 9.69 Å². The van der Waals surface area contributed by atoms with Crippen LogP contribution in [0.4, 0.5) is 8.78 Å². The number of hydrogen-bond donors (Lipinski definition) is 1. The predicted molar refractivity (Wildman–Crippen MR) is 106 cm³/mol. The van der Waals surface area contributed by atoms with Gasteiger partial charge in [-0.15, -0.1) is 11.8 Å². The SMILES string of the molecule is O=C(CCSc1ccc(F)c(F)c1)NCc1ccc(CN2CCOCC2)cc1. The molecule has 1 aliphatic rings. The molecule has 1 heterocycles. The highest BCUT2D eigenvalue weighted by Gasteiger charge is 2.10. The van der Waals surface area contributed by atoms with Crippen LogP contribution in [0.5, 0.6) is 0 Å². The van der Waals surface area contributed by atoms with Crippen molar-refractivity contribution < 1.29 is 18.3 Å². The molecule has 1 fully saturated rings. The Bertz CT molecular complexity index is 780. The Hall–Kier alpha value is -1.96. The topological polar surface area (TPSA) is 41.6 Å². The van der Waals surface area contributed by atoms with Gasteiger partial charge in [-0.2, -0.15) is 0 Å². The van der Waals surface area contributed by atoms with Gasteiger partial charge in [0.2, 0.25) is 5.91 Å². The van der Waals surface area contributed by atoms with Crippen molar-refractivity contribution in [1.82, 2.24) is 10.2 Å². The Morgan fingerprint density at radius 1 is 1.04 bits per heavy atom. The van der Waals surface area contributed by atoms with E-state index in [1.54, 1.807) is 0 Å². The molecule has 150 valence electrons. The summed E-state index contributed by atoms with van der Waals surface area (Å²) in [6.45, 7) is 4.89. The van der Waals surface area contributed by atoms with Crippen LogP contribution in [0.3, 0.4) is 0 Å². The minimum absolute atomic E-state index is 0.0625. The summed E-state index contributed by atoms with van der Waals surface area (Å²) in [5, 5.41) is 2.89. The highest BCUT2D eigenvalue weighted by atomic mass is 32.2. The maximum atomic E-state index is 13.2. The third-order valence-corrected chi connectivity index (χ3v) is 5.51.